The maximum Gasteiger partial charge on any atom is 0.161 e. The van der Waals surface area contributed by atoms with Crippen LogP contribution in [0.1, 0.15) is 58.1 Å². The molecule has 1 aliphatic rings. The monoisotopic (exact) mass is 476 g/mol. The number of rotatable bonds is 12. The van der Waals surface area contributed by atoms with Gasteiger partial charge >= 0.3 is 0 Å². The zero-order chi connectivity index (χ0) is 23.6. The highest BCUT2D eigenvalue weighted by molar-refractivity contribution is 5.64. The lowest BCUT2D eigenvalue weighted by molar-refractivity contribution is 0.254. The van der Waals surface area contributed by atoms with Gasteiger partial charge in [-0.3, -0.25) is 4.98 Å². The highest BCUT2D eigenvalue weighted by Gasteiger charge is 2.14. The van der Waals surface area contributed by atoms with E-state index in [1.54, 1.807) is 19.5 Å². The van der Waals surface area contributed by atoms with Crippen LogP contribution in [0.15, 0.2) is 60.9 Å². The molecule has 2 heterocycles. The van der Waals surface area contributed by atoms with E-state index >= 15 is 0 Å². The van der Waals surface area contributed by atoms with Gasteiger partial charge in [0.05, 0.1) is 37.8 Å². The zero-order valence-corrected chi connectivity index (χ0v) is 20.4. The van der Waals surface area contributed by atoms with Gasteiger partial charge in [0.15, 0.2) is 11.5 Å². The van der Waals surface area contributed by atoms with Crippen LogP contribution in [0.3, 0.4) is 0 Å². The Kier molecular flexibility index (Phi) is 10.4. The molecule has 1 saturated heterocycles. The molecule has 0 amide bonds. The van der Waals surface area contributed by atoms with Crippen molar-refractivity contribution in [1.29, 1.82) is 0 Å². The van der Waals surface area contributed by atoms with Gasteiger partial charge in [0.1, 0.15) is 5.82 Å². The van der Waals surface area contributed by atoms with E-state index in [0.717, 1.165) is 48.6 Å². The summed E-state index contributed by atoms with van der Waals surface area (Å²) in [7, 11) is 1.68. The number of anilines is 1. The quantitative estimate of drug-likeness (QED) is 0.297. The summed E-state index contributed by atoms with van der Waals surface area (Å²) in [4.78, 5) is 11.8. The van der Waals surface area contributed by atoms with Crippen molar-refractivity contribution >= 4 is 5.82 Å². The molecule has 3 aromatic rings. The van der Waals surface area contributed by atoms with E-state index in [2.05, 4.69) is 46.4 Å². The Morgan fingerprint density at radius 3 is 2.57 bits per heavy atom. The van der Waals surface area contributed by atoms with E-state index in [1.807, 2.05) is 24.3 Å². The first kappa shape index (κ1) is 26.5. The van der Waals surface area contributed by atoms with E-state index in [-0.39, 0.29) is 13.5 Å². The molecule has 1 N–H and O–H groups in total. The lowest BCUT2D eigenvalue weighted by Crippen LogP contribution is -2.21. The normalized spacial score (nSPS) is 14.2. The summed E-state index contributed by atoms with van der Waals surface area (Å²) >= 11 is 0. The number of nitrogens with zero attached hydrogens (tertiary/aromatic N) is 3. The van der Waals surface area contributed by atoms with E-state index < -0.39 is 0 Å². The Bertz CT molecular complexity index is 1020. The van der Waals surface area contributed by atoms with Gasteiger partial charge in [-0.05, 0) is 62.5 Å². The fraction of sp³-hybridized carbons (Fsp3) is 0.448. The molecule has 4 rings (SSSR count). The van der Waals surface area contributed by atoms with Crippen molar-refractivity contribution in [3.63, 3.8) is 0 Å². The molecule has 1 fully saturated rings. The fourth-order valence-electron chi connectivity index (χ4n) is 4.47. The SMILES string of the molecule is C.CCCC(Nc1cncc(-c2ccc(OCCCN3CCCC3)c(OC)c2)n1)c1ccccc1. The van der Waals surface area contributed by atoms with Crippen LogP contribution in [0.25, 0.3) is 11.3 Å². The smallest absolute Gasteiger partial charge is 0.161 e. The fourth-order valence-corrected chi connectivity index (χ4v) is 4.47. The minimum Gasteiger partial charge on any atom is -0.493 e. The van der Waals surface area contributed by atoms with Gasteiger partial charge in [0, 0.05) is 12.1 Å². The van der Waals surface area contributed by atoms with Crippen molar-refractivity contribution in [2.24, 2.45) is 0 Å². The third-order valence-corrected chi connectivity index (χ3v) is 6.27. The first-order valence-electron chi connectivity index (χ1n) is 12.4. The van der Waals surface area contributed by atoms with Crippen molar-refractivity contribution in [2.45, 2.75) is 52.5 Å². The number of benzene rings is 2. The summed E-state index contributed by atoms with van der Waals surface area (Å²) < 4.78 is 11.7. The second-order valence-corrected chi connectivity index (χ2v) is 8.80. The summed E-state index contributed by atoms with van der Waals surface area (Å²) in [6.07, 6.45) is 9.33. The molecule has 1 unspecified atom stereocenters. The molecular formula is C29H40N4O2. The lowest BCUT2D eigenvalue weighted by Gasteiger charge is -2.19. The number of aromatic nitrogens is 2. The number of hydrogen-bond acceptors (Lipinski definition) is 6. The van der Waals surface area contributed by atoms with Crippen molar-refractivity contribution in [2.75, 3.05) is 38.7 Å². The molecule has 6 heteroatoms. The van der Waals surface area contributed by atoms with Gasteiger partial charge in [-0.1, -0.05) is 51.1 Å². The second kappa shape index (κ2) is 13.7. The van der Waals surface area contributed by atoms with E-state index in [0.29, 0.717) is 12.4 Å². The number of methoxy groups -OCH3 is 1. The Hall–Kier alpha value is -3.12. The van der Waals surface area contributed by atoms with Gasteiger partial charge in [-0.2, -0.15) is 0 Å². The molecule has 1 atom stereocenters. The third-order valence-electron chi connectivity index (χ3n) is 6.27. The minimum absolute atomic E-state index is 0. The van der Waals surface area contributed by atoms with Crippen LogP contribution in [0.5, 0.6) is 11.5 Å². The van der Waals surface area contributed by atoms with Crippen molar-refractivity contribution in [3.8, 4) is 22.8 Å². The van der Waals surface area contributed by atoms with E-state index in [4.69, 9.17) is 14.5 Å². The van der Waals surface area contributed by atoms with Gasteiger partial charge in [0.25, 0.3) is 0 Å². The van der Waals surface area contributed by atoms with E-state index in [1.165, 1.54) is 31.5 Å². The van der Waals surface area contributed by atoms with Crippen molar-refractivity contribution < 1.29 is 9.47 Å². The van der Waals surface area contributed by atoms with Crippen molar-refractivity contribution in [1.82, 2.24) is 14.9 Å². The molecule has 0 radical (unpaired) electrons. The van der Waals surface area contributed by atoms with Crippen LogP contribution >= 0.6 is 0 Å². The summed E-state index contributed by atoms with van der Waals surface area (Å²) in [5.74, 6) is 2.25. The van der Waals surface area contributed by atoms with Gasteiger partial charge in [-0.25, -0.2) is 4.98 Å². The summed E-state index contributed by atoms with van der Waals surface area (Å²) in [5, 5.41) is 3.57. The molecule has 0 aliphatic carbocycles. The van der Waals surface area contributed by atoms with Crippen molar-refractivity contribution in [3.05, 3.63) is 66.5 Å². The predicted molar refractivity (Wildman–Crippen MR) is 144 cm³/mol. The molecule has 0 saturated carbocycles. The molecule has 188 valence electrons. The van der Waals surface area contributed by atoms with Crippen LogP contribution in [0, 0.1) is 0 Å². The largest absolute Gasteiger partial charge is 0.493 e. The van der Waals surface area contributed by atoms with Crippen LogP contribution in [0.4, 0.5) is 5.82 Å². The molecule has 1 aliphatic heterocycles. The van der Waals surface area contributed by atoms with Gasteiger partial charge in [-0.15, -0.1) is 0 Å². The minimum atomic E-state index is 0. The highest BCUT2D eigenvalue weighted by atomic mass is 16.5. The van der Waals surface area contributed by atoms with Gasteiger partial charge in [0.2, 0.25) is 0 Å². The first-order valence-corrected chi connectivity index (χ1v) is 12.4. The van der Waals surface area contributed by atoms with E-state index in [9.17, 15) is 0 Å². The molecular weight excluding hydrogens is 436 g/mol. The summed E-state index contributed by atoms with van der Waals surface area (Å²) in [6.45, 7) is 6.42. The summed E-state index contributed by atoms with van der Waals surface area (Å²) in [6, 6.07) is 16.7. The highest BCUT2D eigenvalue weighted by Crippen LogP contribution is 2.32. The number of nitrogens with one attached hydrogen (secondary N) is 1. The predicted octanol–water partition coefficient (Wildman–Crippen LogP) is 6.61. The maximum atomic E-state index is 6.03. The Morgan fingerprint density at radius 1 is 1.03 bits per heavy atom. The van der Waals surface area contributed by atoms with Crippen LogP contribution in [-0.4, -0.2) is 48.2 Å². The van der Waals surface area contributed by atoms with Crippen LogP contribution in [-0.2, 0) is 0 Å². The molecule has 0 bridgehead atoms. The Labute approximate surface area is 210 Å². The van der Waals surface area contributed by atoms with Crippen LogP contribution in [0.2, 0.25) is 0 Å². The molecule has 0 spiro atoms. The standard InChI is InChI=1S/C28H36N4O2.CH4/c1-3-10-24(22-11-5-4-6-12-22)30-28-21-29-20-25(31-28)23-13-14-26(27(19-23)33-2)34-18-9-17-32-15-7-8-16-32;/h4-6,11-14,19-21,24H,3,7-10,15-18H2,1-2H3,(H,30,31);1H4. The number of ether oxygens (including phenoxy) is 2. The Balaban J connectivity index is 0.00000342. The lowest BCUT2D eigenvalue weighted by atomic mass is 10.0. The molecule has 1 aromatic heterocycles. The average molecular weight is 477 g/mol. The zero-order valence-electron chi connectivity index (χ0n) is 20.4. The third kappa shape index (κ3) is 7.43. The number of likely N-dealkylation sites (tertiary alicyclic amines) is 1. The summed E-state index contributed by atoms with van der Waals surface area (Å²) in [5.41, 5.74) is 3.00. The average Bonchev–Trinajstić information content (AvgIpc) is 3.41. The maximum absolute atomic E-state index is 6.03. The van der Waals surface area contributed by atoms with Gasteiger partial charge < -0.3 is 19.7 Å². The van der Waals surface area contributed by atoms with Crippen LogP contribution < -0.4 is 14.8 Å². The Morgan fingerprint density at radius 2 is 1.83 bits per heavy atom. The molecule has 2 aromatic carbocycles. The first-order chi connectivity index (χ1) is 16.8. The molecule has 35 heavy (non-hydrogen) atoms. The molecule has 6 nitrogen and oxygen atoms in total. The second-order valence-electron chi connectivity index (χ2n) is 8.80. The number of hydrogen-bond donors (Lipinski definition) is 1. The topological polar surface area (TPSA) is 59.5 Å².